The first-order valence-electron chi connectivity index (χ1n) is 12.1. The molecule has 4 saturated carbocycles. The molecule has 0 saturated heterocycles. The molecule has 3 heteroatoms. The van der Waals surface area contributed by atoms with Gasteiger partial charge in [0.05, 0.1) is 0 Å². The first kappa shape index (κ1) is 20.7. The lowest BCUT2D eigenvalue weighted by Gasteiger charge is -2.61. The molecular weight excluding hydrogens is 344 g/mol. The zero-order chi connectivity index (χ0) is 20.3. The molecule has 0 aliphatic heterocycles. The molecule has 4 fully saturated rings. The van der Waals surface area contributed by atoms with Crippen LogP contribution in [0.4, 0.5) is 0 Å². The average molecular weight is 389 g/mol. The van der Waals surface area contributed by atoms with E-state index >= 15 is 0 Å². The summed E-state index contributed by atoms with van der Waals surface area (Å²) in [6, 6.07) is 1.13. The molecule has 0 heterocycles. The SMILES string of the molecule is CC(=O)N[C@H]1CC[C@@]2(C)[C@@H](CC[C@@H]3[C@@H]2CC[C@]2(C)[C@@H]([C@H](C)N(C)C)CC[C@@H]32)C1. The Bertz CT molecular complexity index is 603. The maximum Gasteiger partial charge on any atom is 0.217 e. The number of nitrogens with zero attached hydrogens (tertiary/aromatic N) is 1. The zero-order valence-electron chi connectivity index (χ0n) is 19.3. The van der Waals surface area contributed by atoms with Crippen LogP contribution in [0.5, 0.6) is 0 Å². The van der Waals surface area contributed by atoms with Crippen LogP contribution in [-0.4, -0.2) is 37.0 Å². The van der Waals surface area contributed by atoms with Gasteiger partial charge in [-0.2, -0.15) is 0 Å². The number of amides is 1. The second-order valence-electron chi connectivity index (χ2n) is 11.8. The minimum atomic E-state index is 0.155. The van der Waals surface area contributed by atoms with E-state index in [1.807, 2.05) is 0 Å². The molecule has 0 aromatic rings. The standard InChI is InChI=1S/C25H44N2O/c1-16(27(5)6)21-9-10-22-20-8-7-18-15-19(26-17(2)28)11-13-24(18,3)23(20)12-14-25(21,22)4/h16,18-23H,7-15H2,1-6H3,(H,26,28)/t16-,18-,19-,20-,21+,22-,23-,24-,25+/m0/s1. The first-order valence-corrected chi connectivity index (χ1v) is 12.1. The van der Waals surface area contributed by atoms with Gasteiger partial charge in [0.15, 0.2) is 0 Å². The van der Waals surface area contributed by atoms with Gasteiger partial charge in [0.1, 0.15) is 0 Å². The van der Waals surface area contributed by atoms with E-state index in [4.69, 9.17) is 0 Å². The summed E-state index contributed by atoms with van der Waals surface area (Å²) in [6.45, 7) is 9.44. The summed E-state index contributed by atoms with van der Waals surface area (Å²) in [4.78, 5) is 14.0. The van der Waals surface area contributed by atoms with Crippen molar-refractivity contribution in [2.75, 3.05) is 14.1 Å². The Labute approximate surface area is 173 Å². The van der Waals surface area contributed by atoms with E-state index in [9.17, 15) is 4.79 Å². The van der Waals surface area contributed by atoms with E-state index in [1.165, 1.54) is 57.8 Å². The van der Waals surface area contributed by atoms with Gasteiger partial charge in [-0.25, -0.2) is 0 Å². The van der Waals surface area contributed by atoms with Crippen LogP contribution >= 0.6 is 0 Å². The van der Waals surface area contributed by atoms with E-state index in [0.29, 0.717) is 22.9 Å². The van der Waals surface area contributed by atoms with Crippen molar-refractivity contribution in [3.05, 3.63) is 0 Å². The number of carbonyl (C=O) groups excluding carboxylic acids is 1. The van der Waals surface area contributed by atoms with Crippen molar-refractivity contribution < 1.29 is 4.79 Å². The van der Waals surface area contributed by atoms with Crippen LogP contribution in [0.25, 0.3) is 0 Å². The van der Waals surface area contributed by atoms with E-state index in [-0.39, 0.29) is 5.91 Å². The van der Waals surface area contributed by atoms with E-state index < -0.39 is 0 Å². The highest BCUT2D eigenvalue weighted by molar-refractivity contribution is 5.73. The number of carbonyl (C=O) groups is 1. The lowest BCUT2D eigenvalue weighted by molar-refractivity contribution is -0.126. The smallest absolute Gasteiger partial charge is 0.217 e. The van der Waals surface area contributed by atoms with Gasteiger partial charge in [-0.15, -0.1) is 0 Å². The summed E-state index contributed by atoms with van der Waals surface area (Å²) >= 11 is 0. The Morgan fingerprint density at radius 1 is 0.964 bits per heavy atom. The molecule has 0 bridgehead atoms. The molecule has 1 amide bonds. The Balaban J connectivity index is 1.52. The maximum absolute atomic E-state index is 11.6. The second kappa shape index (κ2) is 7.29. The summed E-state index contributed by atoms with van der Waals surface area (Å²) in [5.41, 5.74) is 1.08. The quantitative estimate of drug-likeness (QED) is 0.729. The number of hydrogen-bond acceptors (Lipinski definition) is 2. The van der Waals surface area contributed by atoms with Gasteiger partial charge in [0, 0.05) is 19.0 Å². The predicted molar refractivity (Wildman–Crippen MR) is 116 cm³/mol. The molecule has 4 aliphatic carbocycles. The first-order chi connectivity index (χ1) is 13.2. The van der Waals surface area contributed by atoms with Crippen LogP contribution in [-0.2, 0) is 4.79 Å². The van der Waals surface area contributed by atoms with Gasteiger partial charge in [-0.05, 0) is 119 Å². The number of nitrogens with one attached hydrogen (secondary N) is 1. The number of fused-ring (bicyclic) bond motifs is 5. The van der Waals surface area contributed by atoms with Crippen molar-refractivity contribution in [1.82, 2.24) is 10.2 Å². The molecule has 1 N–H and O–H groups in total. The maximum atomic E-state index is 11.6. The fourth-order valence-corrected chi connectivity index (χ4v) is 8.87. The Hall–Kier alpha value is -0.570. The third kappa shape index (κ3) is 3.15. The van der Waals surface area contributed by atoms with Crippen LogP contribution in [0.15, 0.2) is 0 Å². The Kier molecular flexibility index (Phi) is 5.39. The van der Waals surface area contributed by atoms with Crippen LogP contribution < -0.4 is 5.32 Å². The summed E-state index contributed by atoms with van der Waals surface area (Å²) in [5, 5.41) is 3.23. The molecule has 0 aromatic heterocycles. The van der Waals surface area contributed by atoms with Gasteiger partial charge < -0.3 is 10.2 Å². The van der Waals surface area contributed by atoms with Gasteiger partial charge in [-0.3, -0.25) is 4.79 Å². The highest BCUT2D eigenvalue weighted by atomic mass is 16.1. The molecule has 160 valence electrons. The second-order valence-corrected chi connectivity index (χ2v) is 11.8. The van der Waals surface area contributed by atoms with E-state index in [2.05, 4.69) is 45.1 Å². The lowest BCUT2D eigenvalue weighted by Crippen LogP contribution is -2.56. The molecule has 3 nitrogen and oxygen atoms in total. The van der Waals surface area contributed by atoms with Crippen LogP contribution in [0, 0.1) is 40.4 Å². The Morgan fingerprint density at radius 2 is 1.64 bits per heavy atom. The molecule has 0 aromatic carbocycles. The van der Waals surface area contributed by atoms with Gasteiger partial charge >= 0.3 is 0 Å². The number of rotatable bonds is 3. The van der Waals surface area contributed by atoms with Gasteiger partial charge in [0.2, 0.25) is 5.91 Å². The van der Waals surface area contributed by atoms with Crippen LogP contribution in [0.3, 0.4) is 0 Å². The van der Waals surface area contributed by atoms with Gasteiger partial charge in [0.25, 0.3) is 0 Å². The molecular formula is C25H44N2O. The molecule has 9 atom stereocenters. The molecule has 28 heavy (non-hydrogen) atoms. The number of hydrogen-bond donors (Lipinski definition) is 1. The van der Waals surface area contributed by atoms with Crippen molar-refractivity contribution in [3.8, 4) is 0 Å². The van der Waals surface area contributed by atoms with Crippen molar-refractivity contribution in [1.29, 1.82) is 0 Å². The minimum absolute atomic E-state index is 0.155. The largest absolute Gasteiger partial charge is 0.354 e. The zero-order valence-corrected chi connectivity index (χ0v) is 19.3. The summed E-state index contributed by atoms with van der Waals surface area (Å²) < 4.78 is 0. The third-order valence-electron chi connectivity index (χ3n) is 10.5. The Morgan fingerprint density at radius 3 is 2.32 bits per heavy atom. The molecule has 4 rings (SSSR count). The third-order valence-corrected chi connectivity index (χ3v) is 10.5. The minimum Gasteiger partial charge on any atom is -0.354 e. The van der Waals surface area contributed by atoms with Crippen molar-refractivity contribution in [2.45, 2.75) is 97.6 Å². The summed E-state index contributed by atoms with van der Waals surface area (Å²) in [6.07, 6.45) is 12.4. The van der Waals surface area contributed by atoms with Gasteiger partial charge in [-0.1, -0.05) is 13.8 Å². The fourth-order valence-electron chi connectivity index (χ4n) is 8.87. The van der Waals surface area contributed by atoms with E-state index in [0.717, 1.165) is 29.6 Å². The molecule has 0 unspecified atom stereocenters. The molecule has 0 radical (unpaired) electrons. The van der Waals surface area contributed by atoms with Crippen LogP contribution in [0.2, 0.25) is 0 Å². The van der Waals surface area contributed by atoms with Crippen molar-refractivity contribution >= 4 is 5.91 Å². The summed E-state index contributed by atoms with van der Waals surface area (Å²) in [7, 11) is 4.54. The average Bonchev–Trinajstić information content (AvgIpc) is 2.98. The fraction of sp³-hybridized carbons (Fsp3) is 0.960. The normalized spacial score (nSPS) is 49.1. The highest BCUT2D eigenvalue weighted by Gasteiger charge is 2.60. The molecule has 0 spiro atoms. The van der Waals surface area contributed by atoms with Crippen molar-refractivity contribution in [3.63, 3.8) is 0 Å². The lowest BCUT2D eigenvalue weighted by atomic mass is 9.44. The van der Waals surface area contributed by atoms with Crippen LogP contribution in [0.1, 0.15) is 85.5 Å². The van der Waals surface area contributed by atoms with E-state index in [1.54, 1.807) is 6.92 Å². The molecule has 4 aliphatic rings. The topological polar surface area (TPSA) is 32.3 Å². The monoisotopic (exact) mass is 388 g/mol. The van der Waals surface area contributed by atoms with Crippen molar-refractivity contribution in [2.24, 2.45) is 40.4 Å². The highest BCUT2D eigenvalue weighted by Crippen LogP contribution is 2.67. The summed E-state index contributed by atoms with van der Waals surface area (Å²) in [5.74, 6) is 4.68. The predicted octanol–water partition coefficient (Wildman–Crippen LogP) is 5.10.